The molecule has 0 aliphatic rings. The fourth-order valence-corrected chi connectivity index (χ4v) is 4.26. The van der Waals surface area contributed by atoms with Crippen LogP contribution in [-0.4, -0.2) is 18.1 Å². The molecule has 2 atom stereocenters. The first-order chi connectivity index (χ1) is 9.65. The van der Waals surface area contributed by atoms with Crippen LogP contribution in [-0.2, 0) is 4.52 Å². The summed E-state index contributed by atoms with van der Waals surface area (Å²) in [5, 5.41) is 0. The normalized spacial score (nSPS) is 14.4. The summed E-state index contributed by atoms with van der Waals surface area (Å²) < 4.78 is 6.82. The van der Waals surface area contributed by atoms with Crippen molar-refractivity contribution in [3.63, 3.8) is 0 Å². The zero-order valence-electron chi connectivity index (χ0n) is 11.3. The molecule has 1 aromatic rings. The lowest BCUT2D eigenvalue weighted by atomic mass is 10.0. The van der Waals surface area contributed by atoms with Crippen molar-refractivity contribution in [2.24, 2.45) is 0 Å². The lowest BCUT2D eigenvalue weighted by Gasteiger charge is -2.23. The summed E-state index contributed by atoms with van der Waals surface area (Å²) in [5.41, 5.74) is 1.01. The molecule has 2 unspecified atom stereocenters. The van der Waals surface area contributed by atoms with E-state index in [-0.39, 0.29) is 10.0 Å². The average molecular weight is 522 g/mol. The van der Waals surface area contributed by atoms with Crippen LogP contribution in [0.1, 0.15) is 43.8 Å². The Hall–Kier alpha value is 0.990. The molecule has 0 aliphatic carbocycles. The second-order valence-electron chi connectivity index (χ2n) is 4.60. The summed E-state index contributed by atoms with van der Waals surface area (Å²) in [6, 6.07) is 9.81. The predicted octanol–water partition coefficient (Wildman–Crippen LogP) is 5.14. The summed E-state index contributed by atoms with van der Waals surface area (Å²) in [6.45, 7) is 0. The van der Waals surface area contributed by atoms with E-state index >= 15 is 0 Å². The molecule has 0 heterocycles. The third kappa shape index (κ3) is 7.84. The molecular weight excluding hydrogens is 501 g/mol. The molecule has 3 nitrogen and oxygen atoms in total. The monoisotopic (exact) mass is 522 g/mol. The summed E-state index contributed by atoms with van der Waals surface area (Å²) in [7, 11) is -2.33. The number of alkyl halides is 2. The molecule has 0 fully saturated rings. The highest BCUT2D eigenvalue weighted by Gasteiger charge is 2.24. The van der Waals surface area contributed by atoms with Gasteiger partial charge in [-0.2, -0.15) is 0 Å². The van der Waals surface area contributed by atoms with Crippen molar-refractivity contribution in [3.05, 3.63) is 35.9 Å². The number of rotatable bonds is 10. The van der Waals surface area contributed by atoms with E-state index in [1.54, 1.807) is 0 Å². The van der Waals surface area contributed by atoms with Gasteiger partial charge in [-0.3, -0.25) is 0 Å². The first-order valence-electron chi connectivity index (χ1n) is 6.74. The SMILES string of the molecule is OP(O)OC(c1ccccc1)C(I)CCCCCCI. The molecule has 1 rings (SSSR count). The van der Waals surface area contributed by atoms with E-state index in [1.807, 2.05) is 30.3 Å². The zero-order chi connectivity index (χ0) is 14.8. The molecule has 6 heteroatoms. The van der Waals surface area contributed by atoms with Crippen LogP contribution in [0.15, 0.2) is 30.3 Å². The van der Waals surface area contributed by atoms with Gasteiger partial charge in [-0.05, 0) is 22.8 Å². The molecule has 2 N–H and O–H groups in total. The largest absolute Gasteiger partial charge is 0.328 e. The molecule has 1 aromatic carbocycles. The van der Waals surface area contributed by atoms with Gasteiger partial charge in [0.25, 0.3) is 0 Å². The van der Waals surface area contributed by atoms with Crippen molar-refractivity contribution < 1.29 is 14.3 Å². The fraction of sp³-hybridized carbons (Fsp3) is 0.571. The molecule has 0 amide bonds. The lowest BCUT2D eigenvalue weighted by Crippen LogP contribution is -2.14. The third-order valence-electron chi connectivity index (χ3n) is 3.03. The van der Waals surface area contributed by atoms with E-state index in [0.717, 1.165) is 18.4 Å². The van der Waals surface area contributed by atoms with Crippen molar-refractivity contribution in [2.45, 2.75) is 42.1 Å². The van der Waals surface area contributed by atoms with Gasteiger partial charge in [0, 0.05) is 3.92 Å². The minimum Gasteiger partial charge on any atom is -0.328 e. The molecule has 0 bridgehead atoms. The topological polar surface area (TPSA) is 49.7 Å². The highest BCUT2D eigenvalue weighted by atomic mass is 127. The number of halogens is 2. The Morgan fingerprint density at radius 2 is 1.70 bits per heavy atom. The summed E-state index contributed by atoms with van der Waals surface area (Å²) in [6.07, 6.45) is 5.73. The molecular formula is C14H21I2O3P. The Morgan fingerprint density at radius 1 is 1.05 bits per heavy atom. The molecule has 0 saturated heterocycles. The van der Waals surface area contributed by atoms with Crippen LogP contribution in [0.25, 0.3) is 0 Å². The quantitative estimate of drug-likeness (QED) is 0.194. The Labute approximate surface area is 149 Å². The van der Waals surface area contributed by atoms with E-state index in [2.05, 4.69) is 45.2 Å². The number of hydrogen-bond acceptors (Lipinski definition) is 3. The standard InChI is InChI=1S/C14H21I2O3P/c15-11-7-2-1-6-10-13(16)14(19-20(17)18)12-8-4-3-5-9-12/h3-5,8-9,13-14,17-18H,1-2,6-7,10-11H2. The second-order valence-corrected chi connectivity index (χ2v) is 7.99. The van der Waals surface area contributed by atoms with E-state index in [9.17, 15) is 0 Å². The van der Waals surface area contributed by atoms with Crippen LogP contribution >= 0.6 is 53.8 Å². The van der Waals surface area contributed by atoms with Crippen molar-refractivity contribution in [1.29, 1.82) is 0 Å². The van der Waals surface area contributed by atoms with Crippen molar-refractivity contribution >= 4 is 53.8 Å². The zero-order valence-corrected chi connectivity index (χ0v) is 16.5. The lowest BCUT2D eigenvalue weighted by molar-refractivity contribution is 0.170. The number of benzene rings is 1. The van der Waals surface area contributed by atoms with E-state index in [1.165, 1.54) is 23.7 Å². The van der Waals surface area contributed by atoms with Gasteiger partial charge in [-0.1, -0.05) is 94.8 Å². The molecule has 0 aliphatic heterocycles. The van der Waals surface area contributed by atoms with E-state index in [4.69, 9.17) is 14.3 Å². The maximum Gasteiger partial charge on any atom is 0.327 e. The van der Waals surface area contributed by atoms with Gasteiger partial charge in [-0.15, -0.1) is 0 Å². The van der Waals surface area contributed by atoms with Crippen molar-refractivity contribution in [3.8, 4) is 0 Å². The first-order valence-corrected chi connectivity index (χ1v) is 10.7. The van der Waals surface area contributed by atoms with Gasteiger partial charge in [0.2, 0.25) is 0 Å². The van der Waals surface area contributed by atoms with Crippen LogP contribution in [0.4, 0.5) is 0 Å². The average Bonchev–Trinajstić information content (AvgIpc) is 2.45. The molecule has 0 saturated carbocycles. The van der Waals surface area contributed by atoms with Crippen LogP contribution in [0.5, 0.6) is 0 Å². The molecule has 0 spiro atoms. The second kappa shape index (κ2) is 11.5. The van der Waals surface area contributed by atoms with Gasteiger partial charge < -0.3 is 14.3 Å². The summed E-state index contributed by atoms with van der Waals surface area (Å²) in [5.74, 6) is 0. The van der Waals surface area contributed by atoms with Gasteiger partial charge in [0.05, 0.1) is 0 Å². The smallest absolute Gasteiger partial charge is 0.327 e. The minimum absolute atomic E-state index is 0.248. The Morgan fingerprint density at radius 3 is 2.30 bits per heavy atom. The predicted molar refractivity (Wildman–Crippen MR) is 101 cm³/mol. The highest BCUT2D eigenvalue weighted by Crippen LogP contribution is 2.40. The highest BCUT2D eigenvalue weighted by molar-refractivity contribution is 14.1. The van der Waals surface area contributed by atoms with Crippen LogP contribution in [0.3, 0.4) is 0 Å². The Balaban J connectivity index is 2.50. The van der Waals surface area contributed by atoms with Crippen LogP contribution in [0.2, 0.25) is 0 Å². The Kier molecular flexibility index (Phi) is 11.0. The van der Waals surface area contributed by atoms with Gasteiger partial charge >= 0.3 is 8.60 Å². The van der Waals surface area contributed by atoms with Gasteiger partial charge in [0.15, 0.2) is 0 Å². The van der Waals surface area contributed by atoms with Gasteiger partial charge in [-0.25, -0.2) is 0 Å². The van der Waals surface area contributed by atoms with Crippen molar-refractivity contribution in [2.75, 3.05) is 4.43 Å². The molecule has 0 aromatic heterocycles. The molecule has 114 valence electrons. The third-order valence-corrected chi connectivity index (χ3v) is 5.48. The maximum atomic E-state index is 9.17. The number of hydrogen-bond donors (Lipinski definition) is 2. The van der Waals surface area contributed by atoms with Crippen LogP contribution < -0.4 is 0 Å². The van der Waals surface area contributed by atoms with Crippen molar-refractivity contribution in [1.82, 2.24) is 0 Å². The Bertz CT molecular complexity index is 352. The molecule has 20 heavy (non-hydrogen) atoms. The maximum absolute atomic E-state index is 9.17. The van der Waals surface area contributed by atoms with E-state index in [0.29, 0.717) is 0 Å². The molecule has 0 radical (unpaired) electrons. The van der Waals surface area contributed by atoms with Crippen LogP contribution in [0, 0.1) is 0 Å². The summed E-state index contributed by atoms with van der Waals surface area (Å²) >= 11 is 4.77. The summed E-state index contributed by atoms with van der Waals surface area (Å²) in [4.78, 5) is 18.3. The number of unbranched alkanes of at least 4 members (excludes halogenated alkanes) is 3. The van der Waals surface area contributed by atoms with E-state index < -0.39 is 8.60 Å². The fourth-order valence-electron chi connectivity index (χ4n) is 2.02. The first kappa shape index (κ1) is 19.0. The minimum atomic E-state index is -2.33. The van der Waals surface area contributed by atoms with Gasteiger partial charge in [0.1, 0.15) is 6.10 Å².